The van der Waals surface area contributed by atoms with Crippen LogP contribution in [-0.2, 0) is 0 Å². The van der Waals surface area contributed by atoms with Crippen LogP contribution in [0.15, 0.2) is 37.5 Å². The molecule has 0 radical (unpaired) electrons. The zero-order chi connectivity index (χ0) is 8.36. The molecule has 0 aliphatic carbocycles. The van der Waals surface area contributed by atoms with Crippen molar-refractivity contribution in [1.82, 2.24) is 0 Å². The lowest BCUT2D eigenvalue weighted by Gasteiger charge is -1.88. The summed E-state index contributed by atoms with van der Waals surface area (Å²) >= 11 is 0. The first-order valence-electron chi connectivity index (χ1n) is 4.28. The predicted octanol–water partition coefficient (Wildman–Crippen LogP) is 3.87. The number of hydrogen-bond acceptors (Lipinski definition) is 0. The molecule has 0 aliphatic rings. The summed E-state index contributed by atoms with van der Waals surface area (Å²) < 4.78 is 0. The Morgan fingerprint density at radius 1 is 0.727 bits per heavy atom. The standard InChI is InChI=1S/C11H18/c1-3-5-7-9-11-10-8-6-4-2/h3-4,9,11H,1-2,5-8,10H2/b11-9-. The minimum Gasteiger partial charge on any atom is -0.103 e. The Morgan fingerprint density at radius 2 is 1.36 bits per heavy atom. The second-order valence-electron chi connectivity index (χ2n) is 2.56. The maximum absolute atomic E-state index is 3.67. The average Bonchev–Trinajstić information content (AvgIpc) is 2.03. The third-order valence-corrected chi connectivity index (χ3v) is 1.48. The normalized spacial score (nSPS) is 10.2. The summed E-state index contributed by atoms with van der Waals surface area (Å²) in [4.78, 5) is 0. The fourth-order valence-electron chi connectivity index (χ4n) is 0.830. The van der Waals surface area contributed by atoms with Gasteiger partial charge in [-0.3, -0.25) is 0 Å². The molecule has 0 nitrogen and oxygen atoms in total. The summed E-state index contributed by atoms with van der Waals surface area (Å²) in [7, 11) is 0. The van der Waals surface area contributed by atoms with Crippen molar-refractivity contribution >= 4 is 0 Å². The van der Waals surface area contributed by atoms with E-state index in [2.05, 4.69) is 25.3 Å². The molecule has 0 aromatic rings. The van der Waals surface area contributed by atoms with Gasteiger partial charge in [0, 0.05) is 0 Å². The van der Waals surface area contributed by atoms with Gasteiger partial charge in [0.1, 0.15) is 0 Å². The van der Waals surface area contributed by atoms with E-state index in [4.69, 9.17) is 0 Å². The molecule has 0 heterocycles. The Kier molecular flexibility index (Phi) is 8.57. The molecule has 0 saturated heterocycles. The monoisotopic (exact) mass is 150 g/mol. The van der Waals surface area contributed by atoms with Gasteiger partial charge < -0.3 is 0 Å². The van der Waals surface area contributed by atoms with Gasteiger partial charge in [0.2, 0.25) is 0 Å². The summed E-state index contributed by atoms with van der Waals surface area (Å²) in [6, 6.07) is 0. The Hall–Kier alpha value is -0.780. The van der Waals surface area contributed by atoms with Crippen LogP contribution in [0.4, 0.5) is 0 Å². The molecule has 62 valence electrons. The van der Waals surface area contributed by atoms with E-state index in [1.54, 1.807) is 0 Å². The van der Waals surface area contributed by atoms with E-state index in [1.807, 2.05) is 12.2 Å². The molecule has 0 heteroatoms. The van der Waals surface area contributed by atoms with E-state index in [0.29, 0.717) is 0 Å². The third-order valence-electron chi connectivity index (χ3n) is 1.48. The van der Waals surface area contributed by atoms with Crippen molar-refractivity contribution in [2.75, 3.05) is 0 Å². The van der Waals surface area contributed by atoms with Crippen molar-refractivity contribution < 1.29 is 0 Å². The molecule has 0 aromatic carbocycles. The smallest absolute Gasteiger partial charge is 0.0316 e. The van der Waals surface area contributed by atoms with E-state index in [1.165, 1.54) is 12.8 Å². The molecule has 0 saturated carbocycles. The SMILES string of the molecule is C=CCC/C=C\CCCC=C. The van der Waals surface area contributed by atoms with Gasteiger partial charge in [-0.15, -0.1) is 13.2 Å². The van der Waals surface area contributed by atoms with Crippen molar-refractivity contribution in [3.63, 3.8) is 0 Å². The van der Waals surface area contributed by atoms with Crippen molar-refractivity contribution in [1.29, 1.82) is 0 Å². The molecule has 0 bridgehead atoms. The van der Waals surface area contributed by atoms with Crippen LogP contribution in [0.3, 0.4) is 0 Å². The van der Waals surface area contributed by atoms with Crippen molar-refractivity contribution in [2.45, 2.75) is 32.1 Å². The summed E-state index contributed by atoms with van der Waals surface area (Å²) in [5.74, 6) is 0. The molecule has 0 fully saturated rings. The Balaban J connectivity index is 3.02. The second kappa shape index (κ2) is 9.22. The minimum atomic E-state index is 1.10. The van der Waals surface area contributed by atoms with Crippen molar-refractivity contribution in [2.24, 2.45) is 0 Å². The van der Waals surface area contributed by atoms with Crippen LogP contribution in [0, 0.1) is 0 Å². The van der Waals surface area contributed by atoms with Crippen molar-refractivity contribution in [3.8, 4) is 0 Å². The maximum Gasteiger partial charge on any atom is -0.0316 e. The largest absolute Gasteiger partial charge is 0.103 e. The highest BCUT2D eigenvalue weighted by Gasteiger charge is 1.78. The van der Waals surface area contributed by atoms with Gasteiger partial charge >= 0.3 is 0 Å². The lowest BCUT2D eigenvalue weighted by Crippen LogP contribution is -1.68. The molecule has 0 spiro atoms. The number of allylic oxidation sites excluding steroid dienone is 4. The third kappa shape index (κ3) is 9.22. The highest BCUT2D eigenvalue weighted by atomic mass is 13.8. The van der Waals surface area contributed by atoms with Crippen LogP contribution in [0.1, 0.15) is 32.1 Å². The molecular weight excluding hydrogens is 132 g/mol. The predicted molar refractivity (Wildman–Crippen MR) is 52.6 cm³/mol. The topological polar surface area (TPSA) is 0 Å². The van der Waals surface area contributed by atoms with E-state index in [-0.39, 0.29) is 0 Å². The second-order valence-corrected chi connectivity index (χ2v) is 2.56. The first kappa shape index (κ1) is 10.2. The molecule has 0 rings (SSSR count). The van der Waals surface area contributed by atoms with Crippen LogP contribution >= 0.6 is 0 Å². The Labute approximate surface area is 70.3 Å². The number of hydrogen-bond donors (Lipinski definition) is 0. The van der Waals surface area contributed by atoms with Gasteiger partial charge in [0.25, 0.3) is 0 Å². The molecule has 0 atom stereocenters. The lowest BCUT2D eigenvalue weighted by atomic mass is 10.2. The molecule has 0 aliphatic heterocycles. The lowest BCUT2D eigenvalue weighted by molar-refractivity contribution is 0.864. The quantitative estimate of drug-likeness (QED) is 0.382. The summed E-state index contributed by atoms with van der Waals surface area (Å²) in [5.41, 5.74) is 0. The first-order valence-corrected chi connectivity index (χ1v) is 4.28. The fourth-order valence-corrected chi connectivity index (χ4v) is 0.830. The van der Waals surface area contributed by atoms with Crippen LogP contribution in [0.25, 0.3) is 0 Å². The van der Waals surface area contributed by atoms with E-state index < -0.39 is 0 Å². The first-order chi connectivity index (χ1) is 5.41. The van der Waals surface area contributed by atoms with Crippen LogP contribution < -0.4 is 0 Å². The van der Waals surface area contributed by atoms with Gasteiger partial charge in [-0.25, -0.2) is 0 Å². The minimum absolute atomic E-state index is 1.10. The van der Waals surface area contributed by atoms with Gasteiger partial charge in [0.15, 0.2) is 0 Å². The molecule has 0 N–H and O–H groups in total. The van der Waals surface area contributed by atoms with Gasteiger partial charge in [-0.05, 0) is 32.1 Å². The van der Waals surface area contributed by atoms with E-state index in [0.717, 1.165) is 19.3 Å². The van der Waals surface area contributed by atoms with E-state index >= 15 is 0 Å². The number of unbranched alkanes of at least 4 members (excludes halogenated alkanes) is 3. The molecule has 0 amide bonds. The molecule has 0 unspecified atom stereocenters. The van der Waals surface area contributed by atoms with Crippen LogP contribution in [0.2, 0.25) is 0 Å². The zero-order valence-electron chi connectivity index (χ0n) is 7.26. The maximum atomic E-state index is 3.67. The molecule has 0 aromatic heterocycles. The van der Waals surface area contributed by atoms with Gasteiger partial charge in [0.05, 0.1) is 0 Å². The Bertz CT molecular complexity index is 120. The van der Waals surface area contributed by atoms with Crippen LogP contribution in [0.5, 0.6) is 0 Å². The molecular formula is C11H18. The molecule has 11 heavy (non-hydrogen) atoms. The Morgan fingerprint density at radius 3 is 2.00 bits per heavy atom. The summed E-state index contributed by atoms with van der Waals surface area (Å²) in [6.07, 6.45) is 14.2. The fraction of sp³-hybridized carbons (Fsp3) is 0.455. The summed E-state index contributed by atoms with van der Waals surface area (Å²) in [6.45, 7) is 7.33. The highest BCUT2D eigenvalue weighted by molar-refractivity contribution is 4.84. The van der Waals surface area contributed by atoms with Gasteiger partial charge in [-0.2, -0.15) is 0 Å². The summed E-state index contributed by atoms with van der Waals surface area (Å²) in [5, 5.41) is 0. The number of rotatable bonds is 7. The average molecular weight is 150 g/mol. The van der Waals surface area contributed by atoms with Crippen LogP contribution in [-0.4, -0.2) is 0 Å². The van der Waals surface area contributed by atoms with Gasteiger partial charge in [-0.1, -0.05) is 24.3 Å². The highest BCUT2D eigenvalue weighted by Crippen LogP contribution is 1.98. The van der Waals surface area contributed by atoms with Crippen molar-refractivity contribution in [3.05, 3.63) is 37.5 Å². The van der Waals surface area contributed by atoms with E-state index in [9.17, 15) is 0 Å². The zero-order valence-corrected chi connectivity index (χ0v) is 7.26.